The highest BCUT2D eigenvalue weighted by Crippen LogP contribution is 2.15. The van der Waals surface area contributed by atoms with Crippen molar-refractivity contribution in [3.63, 3.8) is 0 Å². The van der Waals surface area contributed by atoms with Crippen LogP contribution in [0.5, 0.6) is 0 Å². The van der Waals surface area contributed by atoms with Gasteiger partial charge in [-0.1, -0.05) is 0 Å². The first kappa shape index (κ1) is 13.6. The van der Waals surface area contributed by atoms with E-state index in [0.717, 1.165) is 12.1 Å². The topological polar surface area (TPSA) is 46.2 Å². The lowest BCUT2D eigenvalue weighted by Crippen LogP contribution is -2.32. The van der Waals surface area contributed by atoms with Crippen LogP contribution in [-0.4, -0.2) is 14.5 Å². The minimum absolute atomic E-state index is 0.183. The summed E-state index contributed by atoms with van der Waals surface area (Å²) in [5, 5.41) is 0. The van der Waals surface area contributed by atoms with Crippen molar-refractivity contribution in [2.24, 2.45) is 0 Å². The molecule has 0 aliphatic rings. The van der Waals surface area contributed by atoms with E-state index in [1.54, 1.807) is 6.92 Å². The first-order valence-corrected chi connectivity index (χ1v) is 6.26. The number of sulfonamides is 1. The predicted octanol–water partition coefficient (Wildman–Crippen LogP) is 1.65. The van der Waals surface area contributed by atoms with Crippen molar-refractivity contribution >= 4 is 10.0 Å². The Labute approximate surface area is 98.9 Å². The van der Waals surface area contributed by atoms with Crippen LogP contribution in [0.1, 0.15) is 13.3 Å². The fourth-order valence-electron chi connectivity index (χ4n) is 1.24. The van der Waals surface area contributed by atoms with Crippen molar-refractivity contribution in [2.75, 3.05) is 0 Å². The highest BCUT2D eigenvalue weighted by atomic mass is 32.2. The van der Waals surface area contributed by atoms with Crippen molar-refractivity contribution in [3.8, 4) is 12.3 Å². The summed E-state index contributed by atoms with van der Waals surface area (Å²) in [6.45, 7) is 1.55. The fraction of sp³-hybridized carbons (Fsp3) is 0.273. The number of hydrogen-bond donors (Lipinski definition) is 1. The number of terminal acetylenes is 1. The third-order valence-corrected chi connectivity index (χ3v) is 3.59. The van der Waals surface area contributed by atoms with E-state index in [1.807, 2.05) is 0 Å². The summed E-state index contributed by atoms with van der Waals surface area (Å²) in [7, 11) is -4.02. The Balaban J connectivity index is 3.02. The van der Waals surface area contributed by atoms with Gasteiger partial charge in [-0.3, -0.25) is 0 Å². The van der Waals surface area contributed by atoms with E-state index in [1.165, 1.54) is 0 Å². The second kappa shape index (κ2) is 5.25. The van der Waals surface area contributed by atoms with E-state index in [4.69, 9.17) is 6.42 Å². The summed E-state index contributed by atoms with van der Waals surface area (Å²) < 4.78 is 51.5. The number of rotatable bonds is 4. The molecule has 0 radical (unpaired) electrons. The van der Waals surface area contributed by atoms with Crippen LogP contribution in [0, 0.1) is 24.0 Å². The molecule has 0 bridgehead atoms. The summed E-state index contributed by atoms with van der Waals surface area (Å²) in [5.74, 6) is 0.316. The minimum Gasteiger partial charge on any atom is -0.207 e. The maximum Gasteiger partial charge on any atom is 0.243 e. The molecule has 0 aromatic heterocycles. The Hall–Kier alpha value is -1.45. The second-order valence-electron chi connectivity index (χ2n) is 3.51. The van der Waals surface area contributed by atoms with Crippen LogP contribution < -0.4 is 4.72 Å². The van der Waals surface area contributed by atoms with Gasteiger partial charge in [-0.25, -0.2) is 21.9 Å². The summed E-state index contributed by atoms with van der Waals surface area (Å²) in [6, 6.07) is 1.74. The molecule has 92 valence electrons. The van der Waals surface area contributed by atoms with Crippen molar-refractivity contribution in [3.05, 3.63) is 29.8 Å². The molecule has 0 spiro atoms. The van der Waals surface area contributed by atoms with Crippen molar-refractivity contribution in [1.29, 1.82) is 0 Å². The van der Waals surface area contributed by atoms with Gasteiger partial charge in [-0.15, -0.1) is 12.3 Å². The maximum absolute atomic E-state index is 13.3. The molecule has 1 unspecified atom stereocenters. The SMILES string of the molecule is C#CCC(C)NS(=O)(=O)c1ccc(F)cc1F. The molecule has 0 aliphatic carbocycles. The van der Waals surface area contributed by atoms with Gasteiger partial charge in [0.2, 0.25) is 10.0 Å². The standard InChI is InChI=1S/C11H11F2NO2S/c1-3-4-8(2)14-17(15,16)11-6-5-9(12)7-10(11)13/h1,5-8,14H,4H2,2H3. The predicted molar refractivity (Wildman–Crippen MR) is 59.6 cm³/mol. The molecule has 17 heavy (non-hydrogen) atoms. The molecule has 3 nitrogen and oxygen atoms in total. The highest BCUT2D eigenvalue weighted by Gasteiger charge is 2.21. The number of benzene rings is 1. The van der Waals surface area contributed by atoms with Crippen LogP contribution in [0.4, 0.5) is 8.78 Å². The summed E-state index contributed by atoms with van der Waals surface area (Å²) in [5.41, 5.74) is 0. The summed E-state index contributed by atoms with van der Waals surface area (Å²) in [4.78, 5) is -0.595. The lowest BCUT2D eigenvalue weighted by molar-refractivity contribution is 0.535. The third-order valence-electron chi connectivity index (χ3n) is 1.96. The molecule has 1 aromatic carbocycles. The fourth-order valence-corrected chi connectivity index (χ4v) is 2.54. The van der Waals surface area contributed by atoms with Gasteiger partial charge in [0.15, 0.2) is 0 Å². The van der Waals surface area contributed by atoms with E-state index in [2.05, 4.69) is 10.6 Å². The van der Waals surface area contributed by atoms with Crippen LogP contribution >= 0.6 is 0 Å². The zero-order valence-corrected chi connectivity index (χ0v) is 9.89. The Kier molecular flexibility index (Phi) is 4.21. The van der Waals surface area contributed by atoms with Crippen LogP contribution in [-0.2, 0) is 10.0 Å². The van der Waals surface area contributed by atoms with Gasteiger partial charge in [0, 0.05) is 18.5 Å². The lowest BCUT2D eigenvalue weighted by atomic mass is 10.3. The molecule has 0 saturated heterocycles. The van der Waals surface area contributed by atoms with Gasteiger partial charge >= 0.3 is 0 Å². The molecule has 0 amide bonds. The first-order valence-electron chi connectivity index (χ1n) is 4.77. The van der Waals surface area contributed by atoms with Gasteiger partial charge in [0.25, 0.3) is 0 Å². The van der Waals surface area contributed by atoms with Gasteiger partial charge in [-0.2, -0.15) is 0 Å². The maximum atomic E-state index is 13.3. The molecule has 1 rings (SSSR count). The summed E-state index contributed by atoms with van der Waals surface area (Å²) >= 11 is 0. The molecule has 0 aliphatic heterocycles. The molecule has 1 aromatic rings. The van der Waals surface area contributed by atoms with Gasteiger partial charge in [-0.05, 0) is 19.1 Å². The van der Waals surface area contributed by atoms with Crippen LogP contribution in [0.2, 0.25) is 0 Å². The Morgan fingerprint density at radius 1 is 1.47 bits per heavy atom. The van der Waals surface area contributed by atoms with Gasteiger partial charge in [0.05, 0.1) is 0 Å². The number of hydrogen-bond acceptors (Lipinski definition) is 2. The molecule has 6 heteroatoms. The van der Waals surface area contributed by atoms with Crippen molar-refractivity contribution in [1.82, 2.24) is 4.72 Å². The quantitative estimate of drug-likeness (QED) is 0.836. The van der Waals surface area contributed by atoms with E-state index in [0.29, 0.717) is 6.07 Å². The second-order valence-corrected chi connectivity index (χ2v) is 5.19. The molecule has 0 fully saturated rings. The first-order chi connectivity index (χ1) is 7.86. The zero-order chi connectivity index (χ0) is 13.1. The van der Waals surface area contributed by atoms with E-state index in [-0.39, 0.29) is 6.42 Å². The van der Waals surface area contributed by atoms with E-state index < -0.39 is 32.6 Å². The average Bonchev–Trinajstić information content (AvgIpc) is 2.15. The van der Waals surface area contributed by atoms with Crippen LogP contribution in [0.25, 0.3) is 0 Å². The smallest absolute Gasteiger partial charge is 0.207 e. The lowest BCUT2D eigenvalue weighted by Gasteiger charge is -2.12. The third kappa shape index (κ3) is 3.51. The monoisotopic (exact) mass is 259 g/mol. The van der Waals surface area contributed by atoms with E-state index in [9.17, 15) is 17.2 Å². The van der Waals surface area contributed by atoms with Crippen molar-refractivity contribution < 1.29 is 17.2 Å². The molecular weight excluding hydrogens is 248 g/mol. The number of halogens is 2. The zero-order valence-electron chi connectivity index (χ0n) is 9.07. The van der Waals surface area contributed by atoms with Crippen LogP contribution in [0.3, 0.4) is 0 Å². The van der Waals surface area contributed by atoms with Gasteiger partial charge in [0.1, 0.15) is 16.5 Å². The summed E-state index contributed by atoms with van der Waals surface area (Å²) in [6.07, 6.45) is 5.21. The normalized spacial score (nSPS) is 13.1. The molecule has 1 atom stereocenters. The Morgan fingerprint density at radius 2 is 2.12 bits per heavy atom. The van der Waals surface area contributed by atoms with Gasteiger partial charge < -0.3 is 0 Å². The average molecular weight is 259 g/mol. The Bertz CT molecular complexity index is 549. The number of nitrogens with one attached hydrogen (secondary N) is 1. The largest absolute Gasteiger partial charge is 0.243 e. The molecule has 1 N–H and O–H groups in total. The van der Waals surface area contributed by atoms with Crippen molar-refractivity contribution in [2.45, 2.75) is 24.3 Å². The Morgan fingerprint density at radius 3 is 2.65 bits per heavy atom. The van der Waals surface area contributed by atoms with E-state index >= 15 is 0 Å². The highest BCUT2D eigenvalue weighted by molar-refractivity contribution is 7.89. The minimum atomic E-state index is -4.02. The molecule has 0 heterocycles. The van der Waals surface area contributed by atoms with Crippen LogP contribution in [0.15, 0.2) is 23.1 Å². The molecule has 0 saturated carbocycles. The molecular formula is C11H11F2NO2S.